The molecule has 0 heterocycles. The van der Waals surface area contributed by atoms with Crippen LogP contribution in [0.5, 0.6) is 11.5 Å². The molecule has 9 heteroatoms. The summed E-state index contributed by atoms with van der Waals surface area (Å²) < 4.78 is 11.3. The lowest BCUT2D eigenvalue weighted by Gasteiger charge is -2.14. The Hall–Kier alpha value is -2.77. The number of nitrogens with zero attached hydrogens (tertiary/aromatic N) is 1. The zero-order valence-corrected chi connectivity index (χ0v) is 18.4. The number of hydrogen-bond acceptors (Lipinski definition) is 5. The first-order valence-corrected chi connectivity index (χ1v) is 9.99. The van der Waals surface area contributed by atoms with Crippen molar-refractivity contribution in [3.63, 3.8) is 0 Å². The van der Waals surface area contributed by atoms with Crippen LogP contribution in [-0.4, -0.2) is 31.2 Å². The zero-order valence-electron chi connectivity index (χ0n) is 16.9. The highest BCUT2D eigenvalue weighted by Crippen LogP contribution is 2.32. The zero-order chi connectivity index (χ0) is 22.1. The van der Waals surface area contributed by atoms with E-state index in [-0.39, 0.29) is 12.6 Å². The minimum atomic E-state index is -0.861. The monoisotopic (exact) mass is 451 g/mol. The van der Waals surface area contributed by atoms with E-state index in [9.17, 15) is 9.59 Å². The smallest absolute Gasteiger partial charge is 0.329 e. The molecule has 2 rings (SSSR count). The molecule has 0 saturated heterocycles. The van der Waals surface area contributed by atoms with Gasteiger partial charge in [-0.2, -0.15) is 5.10 Å². The number of nitrogens with one attached hydrogen (secondary N) is 2. The van der Waals surface area contributed by atoms with Crippen molar-refractivity contribution in [1.29, 1.82) is 0 Å². The molecule has 0 spiro atoms. The number of carbonyl (C=O) groups excluding carboxylic acids is 2. The van der Waals surface area contributed by atoms with Crippen LogP contribution in [0.3, 0.4) is 0 Å². The Morgan fingerprint density at radius 2 is 1.80 bits per heavy atom. The lowest BCUT2D eigenvalue weighted by molar-refractivity contribution is -0.139. The predicted molar refractivity (Wildman–Crippen MR) is 117 cm³/mol. The van der Waals surface area contributed by atoms with E-state index in [0.717, 1.165) is 0 Å². The molecule has 0 radical (unpaired) electrons. The Morgan fingerprint density at radius 1 is 1.13 bits per heavy atom. The van der Waals surface area contributed by atoms with Gasteiger partial charge < -0.3 is 14.8 Å². The number of ether oxygens (including phenoxy) is 2. The molecule has 2 N–H and O–H groups in total. The molecule has 0 aliphatic rings. The van der Waals surface area contributed by atoms with Crippen molar-refractivity contribution in [3.05, 3.63) is 57.6 Å². The summed E-state index contributed by atoms with van der Waals surface area (Å²) in [5.41, 5.74) is 3.35. The van der Waals surface area contributed by atoms with Gasteiger partial charge in [-0.25, -0.2) is 5.43 Å². The highest BCUT2D eigenvalue weighted by atomic mass is 35.5. The van der Waals surface area contributed by atoms with Crippen molar-refractivity contribution in [2.45, 2.75) is 32.9 Å². The van der Waals surface area contributed by atoms with Gasteiger partial charge in [0.15, 0.2) is 11.5 Å². The average Bonchev–Trinajstić information content (AvgIpc) is 2.73. The number of hydrazone groups is 1. The van der Waals surface area contributed by atoms with Crippen LogP contribution in [0.25, 0.3) is 0 Å². The second kappa shape index (κ2) is 11.4. The SMILES string of the molecule is CC[C@@H](C)NC(=O)C(=O)N/N=C\c1cccc(OC)c1OCc1c(Cl)cccc1Cl. The average molecular weight is 452 g/mol. The van der Waals surface area contributed by atoms with Crippen molar-refractivity contribution in [2.24, 2.45) is 5.10 Å². The molecular formula is C21H23Cl2N3O4. The summed E-state index contributed by atoms with van der Waals surface area (Å²) in [5.74, 6) is -0.766. The van der Waals surface area contributed by atoms with Gasteiger partial charge in [0.1, 0.15) is 6.61 Å². The predicted octanol–water partition coefficient (Wildman–Crippen LogP) is 3.95. The Kier molecular flexibility index (Phi) is 8.95. The molecule has 1 atom stereocenters. The van der Waals surface area contributed by atoms with Gasteiger partial charge in [-0.05, 0) is 37.6 Å². The molecular weight excluding hydrogens is 429 g/mol. The lowest BCUT2D eigenvalue weighted by atomic mass is 10.2. The second-order valence-electron chi connectivity index (χ2n) is 6.35. The van der Waals surface area contributed by atoms with E-state index in [1.807, 2.05) is 6.92 Å². The van der Waals surface area contributed by atoms with Gasteiger partial charge in [0.2, 0.25) is 0 Å². The number of methoxy groups -OCH3 is 1. The maximum atomic E-state index is 11.9. The molecule has 0 aromatic heterocycles. The third kappa shape index (κ3) is 6.37. The molecule has 0 unspecified atom stereocenters. The molecule has 2 aromatic carbocycles. The normalized spacial score (nSPS) is 11.8. The van der Waals surface area contributed by atoms with Crippen molar-refractivity contribution >= 4 is 41.2 Å². The molecule has 160 valence electrons. The highest BCUT2D eigenvalue weighted by Gasteiger charge is 2.15. The molecule has 0 fully saturated rings. The number of carbonyl (C=O) groups is 2. The molecule has 0 saturated carbocycles. The van der Waals surface area contributed by atoms with E-state index >= 15 is 0 Å². The minimum absolute atomic E-state index is 0.101. The summed E-state index contributed by atoms with van der Waals surface area (Å²) in [6, 6.07) is 10.3. The van der Waals surface area contributed by atoms with E-state index in [0.29, 0.717) is 39.1 Å². The maximum absolute atomic E-state index is 11.9. The Labute approximate surface area is 185 Å². The van der Waals surface area contributed by atoms with Crippen molar-refractivity contribution in [2.75, 3.05) is 7.11 Å². The fourth-order valence-electron chi connectivity index (χ4n) is 2.37. The van der Waals surface area contributed by atoms with E-state index in [1.54, 1.807) is 43.3 Å². The van der Waals surface area contributed by atoms with Gasteiger partial charge in [0, 0.05) is 27.2 Å². The quantitative estimate of drug-likeness (QED) is 0.361. The van der Waals surface area contributed by atoms with E-state index in [2.05, 4.69) is 15.8 Å². The fourth-order valence-corrected chi connectivity index (χ4v) is 2.87. The topological polar surface area (TPSA) is 89.0 Å². The first-order chi connectivity index (χ1) is 14.4. The Balaban J connectivity index is 2.14. The summed E-state index contributed by atoms with van der Waals surface area (Å²) >= 11 is 12.4. The van der Waals surface area contributed by atoms with E-state index in [4.69, 9.17) is 32.7 Å². The summed E-state index contributed by atoms with van der Waals surface area (Å²) in [7, 11) is 1.51. The third-order valence-electron chi connectivity index (χ3n) is 4.22. The van der Waals surface area contributed by atoms with Crippen LogP contribution in [0.4, 0.5) is 0 Å². The molecule has 0 aliphatic heterocycles. The van der Waals surface area contributed by atoms with Gasteiger partial charge in [-0.15, -0.1) is 0 Å². The van der Waals surface area contributed by atoms with Gasteiger partial charge in [-0.1, -0.05) is 42.3 Å². The number of rotatable bonds is 8. The van der Waals surface area contributed by atoms with Crippen LogP contribution in [0, 0.1) is 0 Å². The number of hydrogen-bond donors (Lipinski definition) is 2. The van der Waals surface area contributed by atoms with Gasteiger partial charge in [-0.3, -0.25) is 9.59 Å². The third-order valence-corrected chi connectivity index (χ3v) is 4.93. The summed E-state index contributed by atoms with van der Waals surface area (Å²) in [6.45, 7) is 3.81. The van der Waals surface area contributed by atoms with Gasteiger partial charge in [0.05, 0.1) is 13.3 Å². The first-order valence-electron chi connectivity index (χ1n) is 9.23. The van der Waals surface area contributed by atoms with Crippen LogP contribution in [-0.2, 0) is 16.2 Å². The van der Waals surface area contributed by atoms with Crippen molar-refractivity contribution in [3.8, 4) is 11.5 Å². The molecule has 7 nitrogen and oxygen atoms in total. The molecule has 0 bridgehead atoms. The molecule has 0 aliphatic carbocycles. The van der Waals surface area contributed by atoms with E-state index in [1.165, 1.54) is 13.3 Å². The van der Waals surface area contributed by atoms with Gasteiger partial charge in [0.25, 0.3) is 0 Å². The van der Waals surface area contributed by atoms with Crippen LogP contribution in [0.2, 0.25) is 10.0 Å². The summed E-state index contributed by atoms with van der Waals surface area (Å²) in [5, 5.41) is 7.37. The second-order valence-corrected chi connectivity index (χ2v) is 7.16. The number of amides is 2. The first kappa shape index (κ1) is 23.5. The standard InChI is InChI=1S/C21H23Cl2N3O4/c1-4-13(2)25-20(27)21(28)26-24-11-14-7-5-10-18(29-3)19(14)30-12-15-16(22)8-6-9-17(15)23/h5-11,13H,4,12H2,1-3H3,(H,25,27)(H,26,28)/b24-11-/t13-/m1/s1. The van der Waals surface area contributed by atoms with Crippen LogP contribution in [0.1, 0.15) is 31.4 Å². The Bertz CT molecular complexity index is 914. The Morgan fingerprint density at radius 3 is 2.43 bits per heavy atom. The molecule has 2 amide bonds. The molecule has 30 heavy (non-hydrogen) atoms. The lowest BCUT2D eigenvalue weighted by Crippen LogP contribution is -2.41. The molecule has 2 aromatic rings. The van der Waals surface area contributed by atoms with Crippen LogP contribution in [0.15, 0.2) is 41.5 Å². The summed E-state index contributed by atoms with van der Waals surface area (Å²) in [6.07, 6.45) is 2.07. The minimum Gasteiger partial charge on any atom is -0.493 e. The number of halogens is 2. The highest BCUT2D eigenvalue weighted by molar-refractivity contribution is 6.36. The fraction of sp³-hybridized carbons (Fsp3) is 0.286. The maximum Gasteiger partial charge on any atom is 0.329 e. The van der Waals surface area contributed by atoms with E-state index < -0.39 is 11.8 Å². The largest absolute Gasteiger partial charge is 0.493 e. The van der Waals surface area contributed by atoms with Crippen molar-refractivity contribution < 1.29 is 19.1 Å². The number of benzene rings is 2. The van der Waals surface area contributed by atoms with Crippen LogP contribution < -0.4 is 20.2 Å². The van der Waals surface area contributed by atoms with Crippen molar-refractivity contribution in [1.82, 2.24) is 10.7 Å². The number of para-hydroxylation sites is 1. The van der Waals surface area contributed by atoms with Gasteiger partial charge >= 0.3 is 11.8 Å². The summed E-state index contributed by atoms with van der Waals surface area (Å²) in [4.78, 5) is 23.6. The van der Waals surface area contributed by atoms with Crippen LogP contribution >= 0.6 is 23.2 Å².